The number of carbonyl (C=O) groups is 2. The quantitative estimate of drug-likeness (QED) is 0.669. The number of carbonyl (C=O) groups excluding carboxylic acids is 2. The van der Waals surface area contributed by atoms with E-state index in [4.69, 9.17) is 4.52 Å². The summed E-state index contributed by atoms with van der Waals surface area (Å²) in [5.41, 5.74) is 3.21. The molecule has 2 aliphatic carbocycles. The van der Waals surface area contributed by atoms with Gasteiger partial charge < -0.3 is 9.63 Å². The lowest BCUT2D eigenvalue weighted by molar-refractivity contribution is -0.116. The van der Waals surface area contributed by atoms with Gasteiger partial charge in [0.05, 0.1) is 16.8 Å². The number of nitrogens with zero attached hydrogens (tertiary/aromatic N) is 2. The molecule has 0 fully saturated rings. The van der Waals surface area contributed by atoms with Gasteiger partial charge in [0, 0.05) is 37.4 Å². The van der Waals surface area contributed by atoms with Crippen LogP contribution in [-0.2, 0) is 17.6 Å². The van der Waals surface area contributed by atoms with Crippen LogP contribution < -0.4 is 0 Å². The molecule has 31 heavy (non-hydrogen) atoms. The fraction of sp³-hybridized carbons (Fsp3) is 0.440. The SMILES string of the molecule is CC(C)N=C(CCc1noc2c1C(=O)CCC2)C1=C(O)CC(c2ccccc2)CC1=O. The maximum Gasteiger partial charge on any atom is 0.168 e. The summed E-state index contributed by atoms with van der Waals surface area (Å²) in [6.45, 7) is 3.89. The van der Waals surface area contributed by atoms with Crippen LogP contribution in [0.1, 0.15) is 79.2 Å². The van der Waals surface area contributed by atoms with Crippen molar-refractivity contribution in [2.45, 2.75) is 70.8 Å². The molecule has 6 nitrogen and oxygen atoms in total. The molecular formula is C25H28N2O4. The molecule has 1 aromatic carbocycles. The Morgan fingerprint density at radius 3 is 2.65 bits per heavy atom. The van der Waals surface area contributed by atoms with Crippen LogP contribution in [0.4, 0.5) is 0 Å². The lowest BCUT2D eigenvalue weighted by Gasteiger charge is -2.25. The second-order valence-corrected chi connectivity index (χ2v) is 8.63. The molecule has 1 atom stereocenters. The van der Waals surface area contributed by atoms with Gasteiger partial charge in [-0.05, 0) is 44.6 Å². The Morgan fingerprint density at radius 2 is 1.94 bits per heavy atom. The molecule has 0 radical (unpaired) electrons. The summed E-state index contributed by atoms with van der Waals surface area (Å²) >= 11 is 0. The summed E-state index contributed by atoms with van der Waals surface area (Å²) in [5, 5.41) is 15.0. The van der Waals surface area contributed by atoms with Crippen molar-refractivity contribution in [2.75, 3.05) is 0 Å². The number of fused-ring (bicyclic) bond motifs is 1. The molecule has 2 aliphatic rings. The number of hydrogen-bond donors (Lipinski definition) is 1. The van der Waals surface area contributed by atoms with Crippen LogP contribution in [0.25, 0.3) is 0 Å². The van der Waals surface area contributed by atoms with Crippen molar-refractivity contribution in [2.24, 2.45) is 4.99 Å². The number of aliphatic hydroxyl groups is 1. The first-order valence-electron chi connectivity index (χ1n) is 11.0. The van der Waals surface area contributed by atoms with Crippen LogP contribution in [0, 0.1) is 0 Å². The number of aromatic nitrogens is 1. The molecular weight excluding hydrogens is 392 g/mol. The first kappa shape index (κ1) is 21.2. The summed E-state index contributed by atoms with van der Waals surface area (Å²) in [6, 6.07) is 9.79. The second kappa shape index (κ2) is 9.00. The van der Waals surface area contributed by atoms with Crippen molar-refractivity contribution in [3.05, 3.63) is 64.2 Å². The monoisotopic (exact) mass is 420 g/mol. The maximum atomic E-state index is 13.1. The zero-order valence-corrected chi connectivity index (χ0v) is 18.1. The van der Waals surface area contributed by atoms with Crippen LogP contribution in [0.5, 0.6) is 0 Å². The van der Waals surface area contributed by atoms with Gasteiger partial charge in [-0.25, -0.2) is 0 Å². The van der Waals surface area contributed by atoms with Gasteiger partial charge in [0.2, 0.25) is 0 Å². The van der Waals surface area contributed by atoms with Crippen molar-refractivity contribution in [3.63, 3.8) is 0 Å². The number of hydrogen-bond acceptors (Lipinski definition) is 6. The van der Waals surface area contributed by atoms with Crippen molar-refractivity contribution >= 4 is 17.3 Å². The zero-order chi connectivity index (χ0) is 22.0. The van der Waals surface area contributed by atoms with Gasteiger partial charge in [-0.15, -0.1) is 0 Å². The smallest absolute Gasteiger partial charge is 0.168 e. The van der Waals surface area contributed by atoms with E-state index in [1.165, 1.54) is 0 Å². The minimum atomic E-state index is -0.0877. The van der Waals surface area contributed by atoms with Crippen molar-refractivity contribution in [1.82, 2.24) is 5.16 Å². The Hall–Kier alpha value is -3.02. The molecule has 6 heteroatoms. The van der Waals surface area contributed by atoms with Gasteiger partial charge >= 0.3 is 0 Å². The summed E-state index contributed by atoms with van der Waals surface area (Å²) < 4.78 is 5.38. The Bertz CT molecular complexity index is 1050. The molecule has 1 aromatic heterocycles. The molecule has 0 spiro atoms. The second-order valence-electron chi connectivity index (χ2n) is 8.63. The predicted molar refractivity (Wildman–Crippen MR) is 118 cm³/mol. The van der Waals surface area contributed by atoms with Gasteiger partial charge in [-0.1, -0.05) is 35.5 Å². The highest BCUT2D eigenvalue weighted by atomic mass is 16.5. The number of ketones is 2. The molecule has 0 bridgehead atoms. The van der Waals surface area contributed by atoms with Gasteiger partial charge in [-0.2, -0.15) is 0 Å². The zero-order valence-electron chi connectivity index (χ0n) is 18.1. The number of aryl methyl sites for hydroxylation is 2. The molecule has 0 aliphatic heterocycles. The molecule has 0 saturated carbocycles. The van der Waals surface area contributed by atoms with E-state index in [-0.39, 0.29) is 29.3 Å². The predicted octanol–water partition coefficient (Wildman–Crippen LogP) is 4.93. The number of rotatable bonds is 6. The third kappa shape index (κ3) is 4.53. The molecule has 0 amide bonds. The summed E-state index contributed by atoms with van der Waals surface area (Å²) in [5.74, 6) is 0.715. The van der Waals surface area contributed by atoms with E-state index < -0.39 is 0 Å². The average molecular weight is 421 g/mol. The topological polar surface area (TPSA) is 92.8 Å². The van der Waals surface area contributed by atoms with Crippen molar-refractivity contribution < 1.29 is 19.2 Å². The molecule has 4 rings (SSSR count). The van der Waals surface area contributed by atoms with E-state index in [9.17, 15) is 14.7 Å². The van der Waals surface area contributed by atoms with Gasteiger partial charge in [0.25, 0.3) is 0 Å². The van der Waals surface area contributed by atoms with E-state index in [1.807, 2.05) is 44.2 Å². The summed E-state index contributed by atoms with van der Waals surface area (Å²) in [6.07, 6.45) is 3.66. The Kier molecular flexibility index (Phi) is 6.16. The average Bonchev–Trinajstić information content (AvgIpc) is 3.16. The van der Waals surface area contributed by atoms with Gasteiger partial charge in [-0.3, -0.25) is 14.6 Å². The number of Topliss-reactive ketones (excluding diaryl/α,β-unsaturated/α-hetero) is 2. The normalized spacial score (nSPS) is 19.8. The lowest BCUT2D eigenvalue weighted by atomic mass is 9.80. The maximum absolute atomic E-state index is 13.1. The summed E-state index contributed by atoms with van der Waals surface area (Å²) in [4.78, 5) is 30.1. The molecule has 0 saturated heterocycles. The Labute approximate surface area is 182 Å². The number of allylic oxidation sites excluding steroid dienone is 2. The van der Waals surface area contributed by atoms with E-state index in [0.717, 1.165) is 18.4 Å². The third-order valence-corrected chi connectivity index (χ3v) is 5.93. The third-order valence-electron chi connectivity index (χ3n) is 5.93. The van der Waals surface area contributed by atoms with E-state index in [2.05, 4.69) is 10.1 Å². The summed E-state index contributed by atoms with van der Waals surface area (Å²) in [7, 11) is 0. The number of aliphatic imine (C=N–C) groups is 1. The highest BCUT2D eigenvalue weighted by Gasteiger charge is 2.32. The number of aliphatic hydroxyl groups excluding tert-OH is 1. The minimum Gasteiger partial charge on any atom is -0.511 e. The van der Waals surface area contributed by atoms with Crippen LogP contribution in [0.2, 0.25) is 0 Å². The van der Waals surface area contributed by atoms with Gasteiger partial charge in [0.15, 0.2) is 11.6 Å². The van der Waals surface area contributed by atoms with Gasteiger partial charge in [0.1, 0.15) is 11.5 Å². The first-order valence-corrected chi connectivity index (χ1v) is 11.0. The molecule has 1 heterocycles. The fourth-order valence-electron chi connectivity index (χ4n) is 4.54. The van der Waals surface area contributed by atoms with Crippen LogP contribution in [0.15, 0.2) is 51.2 Å². The lowest BCUT2D eigenvalue weighted by Crippen LogP contribution is -2.25. The molecule has 1 N–H and O–H groups in total. The fourth-order valence-corrected chi connectivity index (χ4v) is 4.54. The van der Waals surface area contributed by atoms with E-state index in [0.29, 0.717) is 60.4 Å². The van der Waals surface area contributed by atoms with Crippen LogP contribution in [-0.4, -0.2) is 33.6 Å². The molecule has 1 unspecified atom stereocenters. The van der Waals surface area contributed by atoms with Crippen molar-refractivity contribution in [3.8, 4) is 0 Å². The Balaban J connectivity index is 1.58. The molecule has 2 aromatic rings. The van der Waals surface area contributed by atoms with Crippen LogP contribution >= 0.6 is 0 Å². The largest absolute Gasteiger partial charge is 0.511 e. The van der Waals surface area contributed by atoms with Crippen molar-refractivity contribution in [1.29, 1.82) is 0 Å². The van der Waals surface area contributed by atoms with Crippen LogP contribution in [0.3, 0.4) is 0 Å². The minimum absolute atomic E-state index is 0.0252. The molecule has 162 valence electrons. The first-order chi connectivity index (χ1) is 14.9. The standard InChI is InChI=1S/C25H28N2O4/c1-15(2)26-18(11-12-19-25-20(28)9-6-10-23(25)31-27-19)24-21(29)13-17(14-22(24)30)16-7-4-3-5-8-16/h3-5,7-8,15,17,29H,6,9-14H2,1-2H3. The highest BCUT2D eigenvalue weighted by molar-refractivity contribution is 6.23. The highest BCUT2D eigenvalue weighted by Crippen LogP contribution is 2.35. The number of benzene rings is 1. The Morgan fingerprint density at radius 1 is 1.16 bits per heavy atom. The van der Waals surface area contributed by atoms with E-state index >= 15 is 0 Å². The van der Waals surface area contributed by atoms with E-state index in [1.54, 1.807) is 0 Å².